The van der Waals surface area contributed by atoms with E-state index in [-0.39, 0.29) is 5.92 Å². The van der Waals surface area contributed by atoms with Crippen LogP contribution < -0.4 is 10.0 Å². The fraction of sp³-hybridized carbons (Fsp3) is 0.211. The molecule has 0 aromatic carbocycles. The fourth-order valence-corrected chi connectivity index (χ4v) is 4.51. The number of allylic oxidation sites excluding steroid dienone is 3. The van der Waals surface area contributed by atoms with E-state index < -0.39 is 10.0 Å². The maximum Gasteiger partial charge on any atom is 0.229 e. The molecule has 9 heteroatoms. The quantitative estimate of drug-likeness (QED) is 0.663. The van der Waals surface area contributed by atoms with Crippen LogP contribution >= 0.6 is 11.3 Å². The highest BCUT2D eigenvalue weighted by molar-refractivity contribution is 7.88. The first kappa shape index (κ1) is 18.6. The average Bonchev–Trinajstić information content (AvgIpc) is 3.06. The van der Waals surface area contributed by atoms with Gasteiger partial charge in [0.1, 0.15) is 0 Å². The van der Waals surface area contributed by atoms with Gasteiger partial charge in [-0.3, -0.25) is 9.71 Å². The normalized spacial score (nSPS) is 16.8. The number of hydrogen-bond donors (Lipinski definition) is 2. The molecule has 3 aromatic heterocycles. The number of thiophene rings is 1. The van der Waals surface area contributed by atoms with Crippen LogP contribution in [-0.2, 0) is 10.0 Å². The number of anilines is 2. The van der Waals surface area contributed by atoms with Crippen molar-refractivity contribution in [1.82, 2.24) is 19.7 Å². The van der Waals surface area contributed by atoms with Crippen molar-refractivity contribution < 1.29 is 8.42 Å². The molecule has 7 nitrogen and oxygen atoms in total. The molecule has 0 bridgehead atoms. The zero-order valence-corrected chi connectivity index (χ0v) is 17.0. The molecule has 0 saturated heterocycles. The van der Waals surface area contributed by atoms with E-state index in [4.69, 9.17) is 4.98 Å². The maximum atomic E-state index is 11.5. The van der Waals surface area contributed by atoms with Gasteiger partial charge in [-0.05, 0) is 42.5 Å². The molecular formula is C19H19N5O2S2. The Balaban J connectivity index is 1.64. The van der Waals surface area contributed by atoms with Gasteiger partial charge in [-0.1, -0.05) is 12.2 Å². The fourth-order valence-electron chi connectivity index (χ4n) is 3.02. The zero-order valence-electron chi connectivity index (χ0n) is 15.4. The van der Waals surface area contributed by atoms with Gasteiger partial charge >= 0.3 is 0 Å². The van der Waals surface area contributed by atoms with Gasteiger partial charge in [-0.25, -0.2) is 18.4 Å². The summed E-state index contributed by atoms with van der Waals surface area (Å²) in [6.07, 6.45) is 11.2. The van der Waals surface area contributed by atoms with Gasteiger partial charge < -0.3 is 5.32 Å². The molecule has 1 atom stereocenters. The summed E-state index contributed by atoms with van der Waals surface area (Å²) in [4.78, 5) is 13.4. The van der Waals surface area contributed by atoms with Gasteiger partial charge in [0.15, 0.2) is 0 Å². The summed E-state index contributed by atoms with van der Waals surface area (Å²) >= 11 is 1.58. The largest absolute Gasteiger partial charge is 0.323 e. The average molecular weight is 414 g/mol. The van der Waals surface area contributed by atoms with Gasteiger partial charge in [0.05, 0.1) is 34.6 Å². The van der Waals surface area contributed by atoms with Crippen LogP contribution in [-0.4, -0.2) is 29.6 Å². The highest BCUT2D eigenvalue weighted by Crippen LogP contribution is 2.35. The molecule has 28 heavy (non-hydrogen) atoms. The van der Waals surface area contributed by atoms with Crippen LogP contribution in [0.25, 0.3) is 10.2 Å². The number of nitrogens with one attached hydrogen (secondary N) is 2. The van der Waals surface area contributed by atoms with Crippen molar-refractivity contribution in [1.29, 1.82) is 0 Å². The number of hydrogen-bond acceptors (Lipinski definition) is 7. The first-order chi connectivity index (χ1) is 13.4. The van der Waals surface area contributed by atoms with E-state index in [1.54, 1.807) is 29.8 Å². The molecule has 0 fully saturated rings. The number of sulfonamides is 1. The van der Waals surface area contributed by atoms with Gasteiger partial charge in [-0.2, -0.15) is 0 Å². The Hall–Kier alpha value is -2.78. The summed E-state index contributed by atoms with van der Waals surface area (Å²) in [5.41, 5.74) is 4.28. The molecule has 144 valence electrons. The number of aromatic nitrogens is 3. The van der Waals surface area contributed by atoms with Gasteiger partial charge in [-0.15, -0.1) is 11.3 Å². The van der Waals surface area contributed by atoms with Crippen molar-refractivity contribution in [2.24, 2.45) is 0 Å². The van der Waals surface area contributed by atoms with Crippen LogP contribution in [0.1, 0.15) is 23.6 Å². The minimum Gasteiger partial charge on any atom is -0.323 e. The van der Waals surface area contributed by atoms with Crippen molar-refractivity contribution in [2.45, 2.75) is 19.3 Å². The van der Waals surface area contributed by atoms with E-state index in [2.05, 4.69) is 25.4 Å². The SMILES string of the molecule is Cc1ccc(Nc2ncc3scc(C4C=C(NS(C)(=O)=O)C=CC4)c3n2)cn1. The lowest BCUT2D eigenvalue weighted by atomic mass is 9.93. The minimum atomic E-state index is -3.31. The predicted molar refractivity (Wildman–Crippen MR) is 112 cm³/mol. The van der Waals surface area contributed by atoms with Crippen LogP contribution in [0, 0.1) is 6.92 Å². The molecule has 1 aliphatic rings. The van der Waals surface area contributed by atoms with E-state index in [1.807, 2.05) is 31.2 Å². The monoisotopic (exact) mass is 413 g/mol. The Morgan fingerprint density at radius 1 is 1.21 bits per heavy atom. The third kappa shape index (κ3) is 4.20. The van der Waals surface area contributed by atoms with Crippen molar-refractivity contribution in [3.63, 3.8) is 0 Å². The van der Waals surface area contributed by atoms with Gasteiger partial charge in [0.25, 0.3) is 0 Å². The Labute approximate surface area is 167 Å². The Kier molecular flexibility index (Phi) is 4.86. The molecule has 0 spiro atoms. The molecule has 0 radical (unpaired) electrons. The minimum absolute atomic E-state index is 0.0480. The highest BCUT2D eigenvalue weighted by Gasteiger charge is 2.19. The van der Waals surface area contributed by atoms with Crippen LogP contribution in [0.4, 0.5) is 11.6 Å². The van der Waals surface area contributed by atoms with Crippen LogP contribution in [0.5, 0.6) is 0 Å². The summed E-state index contributed by atoms with van der Waals surface area (Å²) < 4.78 is 26.6. The number of aryl methyl sites for hydroxylation is 1. The lowest BCUT2D eigenvalue weighted by Crippen LogP contribution is -2.21. The van der Waals surface area contributed by atoms with Crippen LogP contribution in [0.3, 0.4) is 0 Å². The van der Waals surface area contributed by atoms with Crippen LogP contribution in [0.2, 0.25) is 0 Å². The second-order valence-corrected chi connectivity index (χ2v) is 9.31. The molecular weight excluding hydrogens is 394 g/mol. The Morgan fingerprint density at radius 2 is 2.07 bits per heavy atom. The Morgan fingerprint density at radius 3 is 2.82 bits per heavy atom. The maximum absolute atomic E-state index is 11.5. The summed E-state index contributed by atoms with van der Waals surface area (Å²) in [5, 5.41) is 5.25. The summed E-state index contributed by atoms with van der Waals surface area (Å²) in [6.45, 7) is 1.93. The van der Waals surface area contributed by atoms with E-state index in [1.165, 1.54) is 0 Å². The first-order valence-electron chi connectivity index (χ1n) is 8.67. The van der Waals surface area contributed by atoms with Crippen molar-refractivity contribution in [3.05, 3.63) is 65.1 Å². The second-order valence-electron chi connectivity index (χ2n) is 6.65. The molecule has 1 unspecified atom stereocenters. The van der Waals surface area contributed by atoms with E-state index in [0.29, 0.717) is 11.6 Å². The highest BCUT2D eigenvalue weighted by atomic mass is 32.2. The second kappa shape index (κ2) is 7.33. The Bertz CT molecular complexity index is 1180. The summed E-state index contributed by atoms with van der Waals surface area (Å²) in [6, 6.07) is 3.86. The third-order valence-corrected chi connectivity index (χ3v) is 5.81. The number of pyridine rings is 1. The topological polar surface area (TPSA) is 96.9 Å². The number of rotatable bonds is 5. The van der Waals surface area contributed by atoms with Crippen molar-refractivity contribution >= 4 is 43.2 Å². The first-order valence-corrected chi connectivity index (χ1v) is 11.4. The molecule has 3 heterocycles. The van der Waals surface area contributed by atoms with Gasteiger partial charge in [0.2, 0.25) is 16.0 Å². The van der Waals surface area contributed by atoms with Gasteiger partial charge in [0, 0.05) is 17.3 Å². The van der Waals surface area contributed by atoms with Crippen molar-refractivity contribution in [2.75, 3.05) is 11.6 Å². The third-order valence-electron chi connectivity index (χ3n) is 4.28. The molecule has 0 aliphatic heterocycles. The zero-order chi connectivity index (χ0) is 19.7. The number of nitrogens with zero attached hydrogens (tertiary/aromatic N) is 3. The standard InChI is InChI=1S/C19H19N5O2S2/c1-12-6-7-15(9-20-12)22-19-21-10-17-18(23-19)16(11-27-17)13-4-3-5-14(8-13)24-28(2,25)26/h3,5-11,13,24H,4H2,1-2H3,(H,21,22,23). The lowest BCUT2D eigenvalue weighted by molar-refractivity contribution is 0.595. The molecule has 0 amide bonds. The van der Waals surface area contributed by atoms with E-state index in [0.717, 1.165) is 39.8 Å². The lowest BCUT2D eigenvalue weighted by Gasteiger charge is -2.17. The number of fused-ring (bicyclic) bond motifs is 1. The molecule has 2 N–H and O–H groups in total. The molecule has 1 aliphatic carbocycles. The van der Waals surface area contributed by atoms with E-state index >= 15 is 0 Å². The summed E-state index contributed by atoms with van der Waals surface area (Å²) in [5.74, 6) is 0.550. The molecule has 0 saturated carbocycles. The van der Waals surface area contributed by atoms with Crippen LogP contribution in [0.15, 0.2) is 53.8 Å². The predicted octanol–water partition coefficient (Wildman–Crippen LogP) is 3.61. The summed E-state index contributed by atoms with van der Waals surface area (Å²) in [7, 11) is -3.31. The molecule has 3 aromatic rings. The smallest absolute Gasteiger partial charge is 0.229 e. The molecule has 4 rings (SSSR count). The van der Waals surface area contributed by atoms with Crippen molar-refractivity contribution in [3.8, 4) is 0 Å². The van der Waals surface area contributed by atoms with E-state index in [9.17, 15) is 8.42 Å².